The number of carbonyl (C=O) groups is 1. The Labute approximate surface area is 195 Å². The molecule has 4 rings (SSSR count). The van der Waals surface area contributed by atoms with Crippen LogP contribution in [-0.4, -0.2) is 72.7 Å². The summed E-state index contributed by atoms with van der Waals surface area (Å²) in [5.74, 6) is 0.152. The van der Waals surface area contributed by atoms with E-state index in [1.807, 2.05) is 12.1 Å². The van der Waals surface area contributed by atoms with Crippen molar-refractivity contribution in [2.45, 2.75) is 31.2 Å². The highest BCUT2D eigenvalue weighted by atomic mass is 35.5. The van der Waals surface area contributed by atoms with Crippen molar-refractivity contribution in [3.63, 3.8) is 0 Å². The minimum atomic E-state index is -3.74. The summed E-state index contributed by atoms with van der Waals surface area (Å²) < 4.78 is 27.9. The molecule has 172 valence electrons. The van der Waals surface area contributed by atoms with Gasteiger partial charge in [0.15, 0.2) is 0 Å². The van der Waals surface area contributed by atoms with Crippen molar-refractivity contribution in [2.24, 2.45) is 5.92 Å². The molecule has 1 amide bonds. The van der Waals surface area contributed by atoms with Crippen LogP contribution in [0.2, 0.25) is 5.02 Å². The van der Waals surface area contributed by atoms with Gasteiger partial charge in [0.2, 0.25) is 10.0 Å². The first kappa shape index (κ1) is 23.2. The second-order valence-electron chi connectivity index (χ2n) is 8.68. The summed E-state index contributed by atoms with van der Waals surface area (Å²) in [6.07, 6.45) is 5.42. The first-order valence-corrected chi connectivity index (χ1v) is 12.9. The van der Waals surface area contributed by atoms with E-state index in [1.165, 1.54) is 22.0 Å². The lowest BCUT2D eigenvalue weighted by molar-refractivity contribution is 0.0628. The van der Waals surface area contributed by atoms with Crippen molar-refractivity contribution in [1.29, 1.82) is 0 Å². The Morgan fingerprint density at radius 1 is 1.09 bits per heavy atom. The fourth-order valence-corrected chi connectivity index (χ4v) is 6.47. The predicted molar refractivity (Wildman–Crippen MR) is 124 cm³/mol. The van der Waals surface area contributed by atoms with Crippen molar-refractivity contribution >= 4 is 27.5 Å². The van der Waals surface area contributed by atoms with E-state index in [0.717, 1.165) is 32.5 Å². The lowest BCUT2D eigenvalue weighted by Gasteiger charge is -2.35. The van der Waals surface area contributed by atoms with Crippen molar-refractivity contribution in [3.8, 4) is 0 Å². The number of nitrogens with zero attached hydrogens (tertiary/aromatic N) is 4. The van der Waals surface area contributed by atoms with Crippen LogP contribution in [0.3, 0.4) is 0 Å². The number of carbonyl (C=O) groups excluding carboxylic acids is 1. The second-order valence-corrected chi connectivity index (χ2v) is 11.0. The number of hydrogen-bond acceptors (Lipinski definition) is 5. The highest BCUT2D eigenvalue weighted by Gasteiger charge is 2.31. The lowest BCUT2D eigenvalue weighted by atomic mass is 10.0. The topological polar surface area (TPSA) is 73.8 Å². The van der Waals surface area contributed by atoms with Crippen molar-refractivity contribution < 1.29 is 13.2 Å². The van der Waals surface area contributed by atoms with Crippen molar-refractivity contribution in [3.05, 3.63) is 58.9 Å². The number of sulfonamides is 1. The molecule has 7 nitrogen and oxygen atoms in total. The van der Waals surface area contributed by atoms with Gasteiger partial charge in [-0.2, -0.15) is 4.31 Å². The molecule has 1 aromatic carbocycles. The highest BCUT2D eigenvalue weighted by Crippen LogP contribution is 2.29. The number of piperidine rings is 1. The Bertz CT molecular complexity index is 1060. The summed E-state index contributed by atoms with van der Waals surface area (Å²) in [5, 5.41) is 0.155. The molecular formula is C23H29ClN4O3S. The molecule has 2 saturated heterocycles. The number of hydrogen-bond donors (Lipinski definition) is 0. The number of halogens is 1. The third-order valence-electron chi connectivity index (χ3n) is 6.23. The summed E-state index contributed by atoms with van der Waals surface area (Å²) in [7, 11) is -3.74. The number of benzene rings is 1. The van der Waals surface area contributed by atoms with E-state index in [-0.39, 0.29) is 15.8 Å². The summed E-state index contributed by atoms with van der Waals surface area (Å²) in [6.45, 7) is 6.56. The van der Waals surface area contributed by atoms with Crippen LogP contribution in [0.5, 0.6) is 0 Å². The molecule has 3 heterocycles. The van der Waals surface area contributed by atoms with Gasteiger partial charge >= 0.3 is 0 Å². The van der Waals surface area contributed by atoms with Gasteiger partial charge in [0.25, 0.3) is 5.91 Å². The van der Waals surface area contributed by atoms with Crippen LogP contribution in [0.4, 0.5) is 0 Å². The molecule has 0 bridgehead atoms. The molecule has 1 unspecified atom stereocenters. The maximum absolute atomic E-state index is 13.2. The zero-order valence-corrected chi connectivity index (χ0v) is 19.9. The van der Waals surface area contributed by atoms with Crippen LogP contribution in [0.1, 0.15) is 35.7 Å². The Kier molecular flexibility index (Phi) is 7.14. The van der Waals surface area contributed by atoms with Crippen LogP contribution in [0.15, 0.2) is 47.6 Å². The molecule has 2 aliphatic rings. The third kappa shape index (κ3) is 5.14. The molecule has 32 heavy (non-hydrogen) atoms. The zero-order chi connectivity index (χ0) is 22.7. The zero-order valence-electron chi connectivity index (χ0n) is 18.3. The molecule has 0 radical (unpaired) electrons. The molecule has 0 spiro atoms. The van der Waals surface area contributed by atoms with Crippen LogP contribution < -0.4 is 0 Å². The summed E-state index contributed by atoms with van der Waals surface area (Å²) in [6, 6.07) is 8.58. The minimum absolute atomic E-state index is 0.0236. The van der Waals surface area contributed by atoms with Gasteiger partial charge in [0, 0.05) is 63.8 Å². The minimum Gasteiger partial charge on any atom is -0.336 e. The summed E-state index contributed by atoms with van der Waals surface area (Å²) in [4.78, 5) is 21.3. The van der Waals surface area contributed by atoms with E-state index in [4.69, 9.17) is 11.6 Å². The molecule has 9 heteroatoms. The third-order valence-corrected chi connectivity index (χ3v) is 8.58. The Morgan fingerprint density at radius 3 is 2.50 bits per heavy atom. The van der Waals surface area contributed by atoms with Crippen LogP contribution in [0, 0.1) is 5.92 Å². The first-order chi connectivity index (χ1) is 15.3. The molecule has 0 saturated carbocycles. The highest BCUT2D eigenvalue weighted by molar-refractivity contribution is 7.89. The fraction of sp³-hybridized carbons (Fsp3) is 0.478. The number of rotatable bonds is 5. The number of aromatic nitrogens is 1. The molecule has 1 atom stereocenters. The smallest absolute Gasteiger partial charge is 0.253 e. The van der Waals surface area contributed by atoms with Crippen LogP contribution in [-0.2, 0) is 16.6 Å². The molecule has 0 N–H and O–H groups in total. The molecule has 0 aliphatic carbocycles. The maximum Gasteiger partial charge on any atom is 0.253 e. The summed E-state index contributed by atoms with van der Waals surface area (Å²) in [5.41, 5.74) is 1.56. The van der Waals surface area contributed by atoms with Gasteiger partial charge in [-0.1, -0.05) is 18.5 Å². The molecule has 2 aromatic rings. The van der Waals surface area contributed by atoms with E-state index < -0.39 is 10.0 Å². The Morgan fingerprint density at radius 2 is 1.81 bits per heavy atom. The largest absolute Gasteiger partial charge is 0.336 e. The normalized spacial score (nSPS) is 20.9. The Hall–Kier alpha value is -2.00. The van der Waals surface area contributed by atoms with Gasteiger partial charge in [0.1, 0.15) is 4.90 Å². The van der Waals surface area contributed by atoms with Gasteiger partial charge in [0.05, 0.1) is 5.02 Å². The van der Waals surface area contributed by atoms with Gasteiger partial charge < -0.3 is 4.90 Å². The Balaban J connectivity index is 1.45. The van der Waals surface area contributed by atoms with Gasteiger partial charge in [-0.05, 0) is 54.7 Å². The summed E-state index contributed by atoms with van der Waals surface area (Å²) >= 11 is 6.28. The molecular weight excluding hydrogens is 448 g/mol. The van der Waals surface area contributed by atoms with Crippen LogP contribution in [0.25, 0.3) is 0 Å². The average molecular weight is 477 g/mol. The van der Waals surface area contributed by atoms with Gasteiger partial charge in [-0.3, -0.25) is 14.7 Å². The SMILES string of the molecule is CC1CCCN(S(=O)(=O)c2cc(C(=O)N3CCN(Cc4ccncc4)CC3)ccc2Cl)C1. The monoisotopic (exact) mass is 476 g/mol. The van der Waals surface area contributed by atoms with Crippen molar-refractivity contribution in [2.75, 3.05) is 39.3 Å². The van der Waals surface area contributed by atoms with Gasteiger partial charge in [-0.15, -0.1) is 0 Å². The van der Waals surface area contributed by atoms with E-state index in [9.17, 15) is 13.2 Å². The average Bonchev–Trinajstić information content (AvgIpc) is 2.80. The van der Waals surface area contributed by atoms with E-state index in [0.29, 0.717) is 37.7 Å². The van der Waals surface area contributed by atoms with E-state index >= 15 is 0 Å². The lowest BCUT2D eigenvalue weighted by Crippen LogP contribution is -2.48. The first-order valence-electron chi connectivity index (χ1n) is 11.0. The standard InChI is InChI=1S/C23H29ClN4O3S/c1-18-3-2-10-28(16-18)32(30,31)22-15-20(4-5-21(22)24)23(29)27-13-11-26(12-14-27)17-19-6-8-25-9-7-19/h4-9,15,18H,2-3,10-14,16-17H2,1H3. The molecule has 1 aromatic heterocycles. The van der Waals surface area contributed by atoms with Crippen LogP contribution >= 0.6 is 11.6 Å². The van der Waals surface area contributed by atoms with E-state index in [1.54, 1.807) is 23.4 Å². The second kappa shape index (κ2) is 9.87. The molecule has 2 aliphatic heterocycles. The maximum atomic E-state index is 13.2. The van der Waals surface area contributed by atoms with Crippen molar-refractivity contribution in [1.82, 2.24) is 19.1 Å². The van der Waals surface area contributed by atoms with Gasteiger partial charge in [-0.25, -0.2) is 8.42 Å². The number of amides is 1. The quantitative estimate of drug-likeness (QED) is 0.663. The molecule has 2 fully saturated rings. The number of pyridine rings is 1. The van der Waals surface area contributed by atoms with E-state index in [2.05, 4.69) is 16.8 Å². The number of piperazine rings is 1. The predicted octanol–water partition coefficient (Wildman–Crippen LogP) is 3.11. The fourth-order valence-electron chi connectivity index (χ4n) is 4.38.